The number of urea groups is 1. The van der Waals surface area contributed by atoms with Crippen molar-refractivity contribution >= 4 is 34.4 Å². The fourth-order valence-corrected chi connectivity index (χ4v) is 4.40. The summed E-state index contributed by atoms with van der Waals surface area (Å²) < 4.78 is 26.8. The van der Waals surface area contributed by atoms with Gasteiger partial charge in [0.15, 0.2) is 0 Å². The highest BCUT2D eigenvalue weighted by Crippen LogP contribution is 2.21. The van der Waals surface area contributed by atoms with Gasteiger partial charge in [0.1, 0.15) is 0 Å². The Morgan fingerprint density at radius 1 is 1.00 bits per heavy atom. The molecule has 1 heterocycles. The van der Waals surface area contributed by atoms with E-state index >= 15 is 0 Å². The second kappa shape index (κ2) is 7.69. The maximum Gasteiger partial charge on any atom is 0.321 e. The summed E-state index contributed by atoms with van der Waals surface area (Å²) >= 11 is 4.32. The maximum atomic E-state index is 12.7. The molecule has 26 heavy (non-hydrogen) atoms. The van der Waals surface area contributed by atoms with Crippen LogP contribution in [-0.2, 0) is 10.0 Å². The maximum absolute atomic E-state index is 12.7. The van der Waals surface area contributed by atoms with Crippen LogP contribution in [-0.4, -0.2) is 49.8 Å². The summed E-state index contributed by atoms with van der Waals surface area (Å²) in [5.41, 5.74) is 1.64. The van der Waals surface area contributed by atoms with Crippen LogP contribution in [0.2, 0.25) is 0 Å². The first-order valence-corrected chi connectivity index (χ1v) is 10.2. The molecule has 1 fully saturated rings. The summed E-state index contributed by atoms with van der Waals surface area (Å²) in [6.45, 7) is 3.13. The van der Waals surface area contributed by atoms with E-state index in [1.165, 1.54) is 4.31 Å². The first-order valence-electron chi connectivity index (χ1n) is 8.28. The topological polar surface area (TPSA) is 69.7 Å². The Hall–Kier alpha value is -2.03. The molecule has 138 valence electrons. The molecule has 2 aromatic rings. The molecule has 0 unspecified atom stereocenters. The van der Waals surface area contributed by atoms with E-state index in [1.807, 2.05) is 19.1 Å². The molecule has 0 bridgehead atoms. The van der Waals surface area contributed by atoms with E-state index in [9.17, 15) is 13.2 Å². The molecule has 0 aliphatic carbocycles. The van der Waals surface area contributed by atoms with E-state index in [0.29, 0.717) is 23.7 Å². The number of benzene rings is 2. The lowest BCUT2D eigenvalue weighted by Crippen LogP contribution is -2.51. The van der Waals surface area contributed by atoms with Gasteiger partial charge in [0.2, 0.25) is 10.0 Å². The van der Waals surface area contributed by atoms with Crippen molar-refractivity contribution in [2.45, 2.75) is 16.7 Å². The minimum Gasteiger partial charge on any atom is -0.322 e. The van der Waals surface area contributed by atoms with Crippen molar-refractivity contribution in [3.05, 3.63) is 54.1 Å². The van der Waals surface area contributed by atoms with Crippen LogP contribution in [0.25, 0.3) is 0 Å². The third-order valence-electron chi connectivity index (χ3n) is 4.33. The number of hydrogen-bond donors (Lipinski definition) is 2. The average Bonchev–Trinajstić information content (AvgIpc) is 2.64. The Bertz CT molecular complexity index is 890. The van der Waals surface area contributed by atoms with Crippen LogP contribution >= 0.6 is 12.6 Å². The number of carbonyl (C=O) groups excluding carboxylic acids is 1. The molecule has 0 saturated carbocycles. The lowest BCUT2D eigenvalue weighted by atomic mass is 10.2. The standard InChI is InChI=1S/C18H21N3O3S2/c1-14-6-8-15(9-7-14)26(23,24)21-12-10-20(11-13-21)18(22)19-16-4-2-3-5-17(16)25/h2-9,25H,10-13H2,1H3,(H,19,22). The quantitative estimate of drug-likeness (QED) is 0.791. The Labute approximate surface area is 159 Å². The predicted molar refractivity (Wildman–Crippen MR) is 104 cm³/mol. The van der Waals surface area contributed by atoms with Gasteiger partial charge < -0.3 is 10.2 Å². The number of hydrogen-bond acceptors (Lipinski definition) is 4. The van der Waals surface area contributed by atoms with Crippen LogP contribution in [0.5, 0.6) is 0 Å². The molecule has 2 aromatic carbocycles. The van der Waals surface area contributed by atoms with Gasteiger partial charge >= 0.3 is 6.03 Å². The summed E-state index contributed by atoms with van der Waals surface area (Å²) in [5, 5.41) is 2.81. The predicted octanol–water partition coefficient (Wildman–Crippen LogP) is 2.82. The van der Waals surface area contributed by atoms with Crippen LogP contribution in [0.4, 0.5) is 10.5 Å². The third-order valence-corrected chi connectivity index (χ3v) is 6.63. The van der Waals surface area contributed by atoms with Crippen LogP contribution in [0, 0.1) is 6.92 Å². The van der Waals surface area contributed by atoms with Crippen molar-refractivity contribution in [1.82, 2.24) is 9.21 Å². The minimum absolute atomic E-state index is 0.251. The molecule has 3 rings (SSSR count). The number of rotatable bonds is 3. The van der Waals surface area contributed by atoms with E-state index in [0.717, 1.165) is 5.56 Å². The molecule has 1 aliphatic heterocycles. The molecular weight excluding hydrogens is 370 g/mol. The highest BCUT2D eigenvalue weighted by molar-refractivity contribution is 7.89. The van der Waals surface area contributed by atoms with Crippen LogP contribution in [0.15, 0.2) is 58.3 Å². The first-order chi connectivity index (χ1) is 12.4. The van der Waals surface area contributed by atoms with E-state index in [2.05, 4.69) is 17.9 Å². The number of para-hydroxylation sites is 1. The molecule has 1 aliphatic rings. The van der Waals surface area contributed by atoms with Crippen LogP contribution in [0.1, 0.15) is 5.56 Å². The Kier molecular flexibility index (Phi) is 5.55. The number of amides is 2. The lowest BCUT2D eigenvalue weighted by molar-refractivity contribution is 0.184. The molecule has 6 nitrogen and oxygen atoms in total. The molecular formula is C18H21N3O3S2. The number of piperazine rings is 1. The van der Waals surface area contributed by atoms with Crippen molar-refractivity contribution in [3.63, 3.8) is 0 Å². The van der Waals surface area contributed by atoms with Crippen LogP contribution in [0.3, 0.4) is 0 Å². The molecule has 2 amide bonds. The highest BCUT2D eigenvalue weighted by atomic mass is 32.2. The largest absolute Gasteiger partial charge is 0.322 e. The van der Waals surface area contributed by atoms with E-state index in [4.69, 9.17) is 0 Å². The monoisotopic (exact) mass is 391 g/mol. The highest BCUT2D eigenvalue weighted by Gasteiger charge is 2.30. The molecule has 0 radical (unpaired) electrons. The zero-order valence-electron chi connectivity index (χ0n) is 14.4. The summed E-state index contributed by atoms with van der Waals surface area (Å²) in [6.07, 6.45) is 0. The minimum atomic E-state index is -3.53. The van der Waals surface area contributed by atoms with Gasteiger partial charge in [0.05, 0.1) is 10.6 Å². The summed E-state index contributed by atoms with van der Waals surface area (Å²) in [5.74, 6) is 0. The van der Waals surface area contributed by atoms with Gasteiger partial charge in [-0.2, -0.15) is 4.31 Å². The van der Waals surface area contributed by atoms with Gasteiger partial charge in [-0.05, 0) is 31.2 Å². The number of anilines is 1. The van der Waals surface area contributed by atoms with Crippen LogP contribution < -0.4 is 5.32 Å². The number of carbonyl (C=O) groups is 1. The van der Waals surface area contributed by atoms with Crippen molar-refractivity contribution in [2.75, 3.05) is 31.5 Å². The lowest BCUT2D eigenvalue weighted by Gasteiger charge is -2.34. The van der Waals surface area contributed by atoms with Gasteiger partial charge in [0, 0.05) is 31.1 Å². The summed E-state index contributed by atoms with van der Waals surface area (Å²) in [7, 11) is -3.53. The van der Waals surface area contributed by atoms with Gasteiger partial charge in [-0.1, -0.05) is 29.8 Å². The van der Waals surface area contributed by atoms with Crippen molar-refractivity contribution < 1.29 is 13.2 Å². The normalized spacial score (nSPS) is 15.7. The van der Waals surface area contributed by atoms with Crippen molar-refractivity contribution in [2.24, 2.45) is 0 Å². The second-order valence-corrected chi connectivity index (χ2v) is 8.57. The average molecular weight is 392 g/mol. The Balaban J connectivity index is 1.62. The van der Waals surface area contributed by atoms with E-state index in [1.54, 1.807) is 41.3 Å². The number of thiol groups is 1. The summed E-state index contributed by atoms with van der Waals surface area (Å²) in [4.78, 5) is 15.0. The number of nitrogens with one attached hydrogen (secondary N) is 1. The van der Waals surface area contributed by atoms with Crippen molar-refractivity contribution in [1.29, 1.82) is 0 Å². The smallest absolute Gasteiger partial charge is 0.321 e. The molecule has 0 aromatic heterocycles. The van der Waals surface area contributed by atoms with E-state index < -0.39 is 10.0 Å². The number of nitrogens with zero attached hydrogens (tertiary/aromatic N) is 2. The van der Waals surface area contributed by atoms with Gasteiger partial charge in [-0.3, -0.25) is 0 Å². The molecule has 1 N–H and O–H groups in total. The van der Waals surface area contributed by atoms with Crippen molar-refractivity contribution in [3.8, 4) is 0 Å². The zero-order chi connectivity index (χ0) is 18.7. The van der Waals surface area contributed by atoms with Gasteiger partial charge in [0.25, 0.3) is 0 Å². The van der Waals surface area contributed by atoms with E-state index in [-0.39, 0.29) is 24.0 Å². The Morgan fingerprint density at radius 2 is 1.62 bits per heavy atom. The fraction of sp³-hybridized carbons (Fsp3) is 0.278. The molecule has 8 heteroatoms. The fourth-order valence-electron chi connectivity index (χ4n) is 2.76. The third kappa shape index (κ3) is 4.03. The Morgan fingerprint density at radius 3 is 2.23 bits per heavy atom. The number of aryl methyl sites for hydroxylation is 1. The molecule has 1 saturated heterocycles. The number of sulfonamides is 1. The SMILES string of the molecule is Cc1ccc(S(=O)(=O)N2CCN(C(=O)Nc3ccccc3S)CC2)cc1. The van der Waals surface area contributed by atoms with Gasteiger partial charge in [-0.25, -0.2) is 13.2 Å². The molecule has 0 atom stereocenters. The zero-order valence-corrected chi connectivity index (χ0v) is 16.1. The van der Waals surface area contributed by atoms with Gasteiger partial charge in [-0.15, -0.1) is 12.6 Å². The second-order valence-electron chi connectivity index (χ2n) is 6.15. The molecule has 0 spiro atoms. The summed E-state index contributed by atoms with van der Waals surface area (Å²) in [6, 6.07) is 13.8. The first kappa shape index (κ1) is 18.8.